The Morgan fingerprint density at radius 2 is 2.14 bits per heavy atom. The lowest BCUT2D eigenvalue weighted by Gasteiger charge is -2.24. The van der Waals surface area contributed by atoms with Gasteiger partial charge in [0.25, 0.3) is 0 Å². The molecule has 1 aliphatic carbocycles. The van der Waals surface area contributed by atoms with Crippen LogP contribution in [0.4, 0.5) is 0 Å². The van der Waals surface area contributed by atoms with Crippen LogP contribution in [-0.2, 0) is 0 Å². The molecule has 0 amide bonds. The predicted molar refractivity (Wildman–Crippen MR) is 60.5 cm³/mol. The van der Waals surface area contributed by atoms with E-state index >= 15 is 0 Å². The van der Waals surface area contributed by atoms with Crippen LogP contribution in [0, 0.1) is 5.41 Å². The Bertz CT molecular complexity index is 202. The highest BCUT2D eigenvalue weighted by Gasteiger charge is 2.42. The molecule has 0 aromatic heterocycles. The van der Waals surface area contributed by atoms with E-state index in [-0.39, 0.29) is 0 Å². The average molecular weight is 196 g/mol. The molecule has 0 aromatic carbocycles. The summed E-state index contributed by atoms with van der Waals surface area (Å²) >= 11 is 0. The lowest BCUT2D eigenvalue weighted by Crippen LogP contribution is -2.34. The number of nitrogens with zero attached hydrogens (tertiary/aromatic N) is 1. The first kappa shape index (κ1) is 10.4. The second-order valence-electron chi connectivity index (χ2n) is 5.75. The molecule has 2 rings (SSSR count). The van der Waals surface area contributed by atoms with Crippen LogP contribution in [0.3, 0.4) is 0 Å². The average Bonchev–Trinajstić information content (AvgIpc) is 2.60. The van der Waals surface area contributed by atoms with Crippen molar-refractivity contribution in [2.24, 2.45) is 5.41 Å². The molecule has 1 aliphatic heterocycles. The van der Waals surface area contributed by atoms with E-state index in [1.807, 2.05) is 0 Å². The molecule has 2 aliphatic rings. The minimum absolute atomic E-state index is 0.647. The summed E-state index contributed by atoms with van der Waals surface area (Å²) in [5.74, 6) is 0. The minimum Gasteiger partial charge on any atom is -0.312 e. The molecule has 1 N–H and O–H groups in total. The smallest absolute Gasteiger partial charge is 0.00754 e. The standard InChI is InChI=1S/C12H24N2/c1-10(2)13-11-4-5-12(8-11)6-7-14(3)9-12/h10-11,13H,4-9H2,1-3H3. The normalized spacial score (nSPS) is 39.0. The van der Waals surface area contributed by atoms with Crippen LogP contribution in [0.2, 0.25) is 0 Å². The van der Waals surface area contributed by atoms with Gasteiger partial charge in [0.15, 0.2) is 0 Å². The Morgan fingerprint density at radius 1 is 1.36 bits per heavy atom. The first-order valence-corrected chi connectivity index (χ1v) is 6.04. The fourth-order valence-electron chi connectivity index (χ4n) is 3.35. The second kappa shape index (κ2) is 3.82. The zero-order valence-electron chi connectivity index (χ0n) is 9.84. The van der Waals surface area contributed by atoms with E-state index in [2.05, 4.69) is 31.1 Å². The zero-order valence-corrected chi connectivity index (χ0v) is 9.84. The highest BCUT2D eigenvalue weighted by molar-refractivity contribution is 4.97. The molecule has 2 atom stereocenters. The highest BCUT2D eigenvalue weighted by atomic mass is 15.1. The van der Waals surface area contributed by atoms with Crippen LogP contribution < -0.4 is 5.32 Å². The second-order valence-corrected chi connectivity index (χ2v) is 5.75. The molecule has 1 saturated carbocycles. The third kappa shape index (κ3) is 2.12. The van der Waals surface area contributed by atoms with Crippen LogP contribution in [0.25, 0.3) is 0 Å². The van der Waals surface area contributed by atoms with E-state index in [1.54, 1.807) is 0 Å². The quantitative estimate of drug-likeness (QED) is 0.725. The van der Waals surface area contributed by atoms with Gasteiger partial charge in [0.05, 0.1) is 0 Å². The molecule has 1 spiro atoms. The lowest BCUT2D eigenvalue weighted by molar-refractivity contribution is 0.280. The fraction of sp³-hybridized carbons (Fsp3) is 1.00. The van der Waals surface area contributed by atoms with Crippen LogP contribution in [0.5, 0.6) is 0 Å². The Balaban J connectivity index is 1.88. The van der Waals surface area contributed by atoms with Gasteiger partial charge in [0.2, 0.25) is 0 Å². The number of rotatable bonds is 2. The Labute approximate surface area is 88.1 Å². The molecule has 2 nitrogen and oxygen atoms in total. The molecule has 1 saturated heterocycles. The minimum atomic E-state index is 0.647. The maximum atomic E-state index is 3.69. The summed E-state index contributed by atoms with van der Waals surface area (Å²) in [6, 6.07) is 1.44. The van der Waals surface area contributed by atoms with Gasteiger partial charge in [-0.1, -0.05) is 13.8 Å². The van der Waals surface area contributed by atoms with Crippen molar-refractivity contribution >= 4 is 0 Å². The summed E-state index contributed by atoms with van der Waals surface area (Å²) in [5, 5.41) is 3.69. The molecule has 1 heterocycles. The van der Waals surface area contributed by atoms with Crippen LogP contribution in [0.1, 0.15) is 39.5 Å². The SMILES string of the molecule is CC(C)NC1CCC2(CCN(C)C2)C1. The molecule has 0 radical (unpaired) electrons. The van der Waals surface area contributed by atoms with Crippen molar-refractivity contribution in [3.05, 3.63) is 0 Å². The number of nitrogens with one attached hydrogen (secondary N) is 1. The molecule has 82 valence electrons. The van der Waals surface area contributed by atoms with E-state index in [4.69, 9.17) is 0 Å². The summed E-state index contributed by atoms with van der Waals surface area (Å²) in [5.41, 5.74) is 0.682. The van der Waals surface area contributed by atoms with Gasteiger partial charge in [0, 0.05) is 18.6 Å². The van der Waals surface area contributed by atoms with E-state index in [1.165, 1.54) is 38.8 Å². The van der Waals surface area contributed by atoms with Gasteiger partial charge in [-0.2, -0.15) is 0 Å². The van der Waals surface area contributed by atoms with E-state index in [0.29, 0.717) is 11.5 Å². The molecular weight excluding hydrogens is 172 g/mol. The summed E-state index contributed by atoms with van der Waals surface area (Å²) in [6.45, 7) is 7.16. The summed E-state index contributed by atoms with van der Waals surface area (Å²) in [4.78, 5) is 2.50. The lowest BCUT2D eigenvalue weighted by atomic mass is 9.85. The maximum Gasteiger partial charge on any atom is 0.00754 e. The van der Waals surface area contributed by atoms with Crippen molar-refractivity contribution in [1.29, 1.82) is 0 Å². The number of hydrogen-bond donors (Lipinski definition) is 1. The summed E-state index contributed by atoms with van der Waals surface area (Å²) < 4.78 is 0. The van der Waals surface area contributed by atoms with Crippen molar-refractivity contribution in [3.63, 3.8) is 0 Å². The van der Waals surface area contributed by atoms with Gasteiger partial charge in [-0.05, 0) is 44.7 Å². The molecule has 2 fully saturated rings. The molecule has 0 bridgehead atoms. The van der Waals surface area contributed by atoms with Gasteiger partial charge < -0.3 is 10.2 Å². The number of hydrogen-bond acceptors (Lipinski definition) is 2. The third-order valence-electron chi connectivity index (χ3n) is 3.90. The summed E-state index contributed by atoms with van der Waals surface area (Å²) in [7, 11) is 2.26. The van der Waals surface area contributed by atoms with E-state index < -0.39 is 0 Å². The molecule has 2 heteroatoms. The van der Waals surface area contributed by atoms with Crippen molar-refractivity contribution < 1.29 is 0 Å². The molecule has 2 unspecified atom stereocenters. The van der Waals surface area contributed by atoms with Gasteiger partial charge in [0.1, 0.15) is 0 Å². The fourth-order valence-corrected chi connectivity index (χ4v) is 3.35. The Morgan fingerprint density at radius 3 is 2.71 bits per heavy atom. The van der Waals surface area contributed by atoms with Crippen molar-refractivity contribution in [2.75, 3.05) is 20.1 Å². The predicted octanol–water partition coefficient (Wildman–Crippen LogP) is 1.86. The van der Waals surface area contributed by atoms with Gasteiger partial charge in [-0.3, -0.25) is 0 Å². The van der Waals surface area contributed by atoms with Crippen molar-refractivity contribution in [3.8, 4) is 0 Å². The van der Waals surface area contributed by atoms with E-state index in [9.17, 15) is 0 Å². The van der Waals surface area contributed by atoms with Gasteiger partial charge >= 0.3 is 0 Å². The third-order valence-corrected chi connectivity index (χ3v) is 3.90. The molecule has 14 heavy (non-hydrogen) atoms. The van der Waals surface area contributed by atoms with Crippen molar-refractivity contribution in [1.82, 2.24) is 10.2 Å². The van der Waals surface area contributed by atoms with E-state index in [0.717, 1.165) is 6.04 Å². The van der Waals surface area contributed by atoms with Crippen LogP contribution >= 0.6 is 0 Å². The number of likely N-dealkylation sites (tertiary alicyclic amines) is 1. The zero-order chi connectivity index (χ0) is 10.2. The Hall–Kier alpha value is -0.0800. The Kier molecular flexibility index (Phi) is 2.85. The first-order valence-electron chi connectivity index (χ1n) is 6.04. The topological polar surface area (TPSA) is 15.3 Å². The van der Waals surface area contributed by atoms with Crippen LogP contribution in [-0.4, -0.2) is 37.1 Å². The monoisotopic (exact) mass is 196 g/mol. The largest absolute Gasteiger partial charge is 0.312 e. The van der Waals surface area contributed by atoms with Crippen molar-refractivity contribution in [2.45, 2.75) is 51.6 Å². The van der Waals surface area contributed by atoms with Gasteiger partial charge in [-0.15, -0.1) is 0 Å². The highest BCUT2D eigenvalue weighted by Crippen LogP contribution is 2.45. The molecular formula is C12H24N2. The maximum absolute atomic E-state index is 3.69. The van der Waals surface area contributed by atoms with Crippen LogP contribution in [0.15, 0.2) is 0 Å². The molecule has 0 aromatic rings. The summed E-state index contributed by atoms with van der Waals surface area (Å²) in [6.07, 6.45) is 5.68. The van der Waals surface area contributed by atoms with Gasteiger partial charge in [-0.25, -0.2) is 0 Å². The first-order chi connectivity index (χ1) is 6.60.